The molecule has 0 rings (SSSR count). The maximum Gasteiger partial charge on any atom is 0.306 e. The Kier molecular flexibility index (Phi) is 45.6. The van der Waals surface area contributed by atoms with Crippen molar-refractivity contribution < 1.29 is 28.6 Å². The molecule has 0 spiro atoms. The van der Waals surface area contributed by atoms with Crippen molar-refractivity contribution in [1.82, 2.24) is 0 Å². The second-order valence-corrected chi connectivity index (χ2v) is 15.8. The molecule has 0 saturated heterocycles. The zero-order valence-electron chi connectivity index (χ0n) is 39.1. The number of hydrogen-bond acceptors (Lipinski definition) is 6. The van der Waals surface area contributed by atoms with E-state index >= 15 is 0 Å². The number of ether oxygens (including phenoxy) is 3. The average Bonchev–Trinajstić information content (AvgIpc) is 3.26. The summed E-state index contributed by atoms with van der Waals surface area (Å²) in [4.78, 5) is 37.9. The van der Waals surface area contributed by atoms with Gasteiger partial charge in [0.15, 0.2) is 6.10 Å². The molecule has 0 bridgehead atoms. The summed E-state index contributed by atoms with van der Waals surface area (Å²) in [6.07, 6.45) is 65.0. The van der Waals surface area contributed by atoms with E-state index in [4.69, 9.17) is 14.2 Å². The highest BCUT2D eigenvalue weighted by Gasteiger charge is 2.19. The van der Waals surface area contributed by atoms with Crippen LogP contribution in [0.4, 0.5) is 0 Å². The van der Waals surface area contributed by atoms with Crippen LogP contribution in [0, 0.1) is 0 Å². The summed E-state index contributed by atoms with van der Waals surface area (Å²) < 4.78 is 16.7. The molecule has 344 valence electrons. The fraction of sp³-hybridized carbons (Fsp3) is 0.618. The minimum atomic E-state index is -0.811. The molecule has 0 amide bonds. The van der Waals surface area contributed by atoms with Crippen LogP contribution in [0.1, 0.15) is 201 Å². The second kappa shape index (κ2) is 48.7. The zero-order chi connectivity index (χ0) is 44.4. The van der Waals surface area contributed by atoms with Crippen molar-refractivity contribution in [3.63, 3.8) is 0 Å². The minimum absolute atomic E-state index is 0.108. The molecule has 0 N–H and O–H groups in total. The summed E-state index contributed by atoms with van der Waals surface area (Å²) in [6, 6.07) is 0. The van der Waals surface area contributed by atoms with Crippen LogP contribution in [0.5, 0.6) is 0 Å². The molecule has 0 aromatic rings. The standard InChI is InChI=1S/C55H88O6/c1-4-7-10-13-16-19-22-25-26-27-28-31-33-36-39-42-45-48-54(57)60-51-52(61-55(58)49-46-43-40-37-34-30-24-21-18-15-12-9-6-3)50-59-53(56)47-44-41-38-35-32-29-23-20-17-14-11-8-5-2/h8-9,11-12,14-21,23-26,30,34,52H,4-7,10,13,22,27-29,31-33,35-51H2,1-3H3/b11-8+,12-9+,17-14+,18-15+,19-16+,23-20+,24-21+,26-25+,34-30+. The van der Waals surface area contributed by atoms with Gasteiger partial charge >= 0.3 is 17.9 Å². The van der Waals surface area contributed by atoms with Crippen LogP contribution in [-0.4, -0.2) is 37.2 Å². The average molecular weight is 845 g/mol. The van der Waals surface area contributed by atoms with E-state index in [1.54, 1.807) is 0 Å². The predicted octanol–water partition coefficient (Wildman–Crippen LogP) is 16.0. The summed E-state index contributed by atoms with van der Waals surface area (Å²) in [5.41, 5.74) is 0. The Morgan fingerprint density at radius 3 is 1.15 bits per heavy atom. The molecule has 0 aromatic heterocycles. The van der Waals surface area contributed by atoms with E-state index in [-0.39, 0.29) is 37.5 Å². The van der Waals surface area contributed by atoms with Crippen LogP contribution in [0.25, 0.3) is 0 Å². The van der Waals surface area contributed by atoms with Crippen molar-refractivity contribution in [3.8, 4) is 0 Å². The molecule has 1 atom stereocenters. The first kappa shape index (κ1) is 57.1. The number of hydrogen-bond donors (Lipinski definition) is 0. The van der Waals surface area contributed by atoms with Crippen LogP contribution in [0.15, 0.2) is 109 Å². The highest BCUT2D eigenvalue weighted by molar-refractivity contribution is 5.71. The van der Waals surface area contributed by atoms with Gasteiger partial charge in [-0.1, -0.05) is 201 Å². The fourth-order valence-corrected chi connectivity index (χ4v) is 6.25. The zero-order valence-corrected chi connectivity index (χ0v) is 39.1. The number of rotatable bonds is 42. The van der Waals surface area contributed by atoms with Gasteiger partial charge in [0.2, 0.25) is 0 Å². The Bertz CT molecular complexity index is 1290. The topological polar surface area (TPSA) is 78.9 Å². The van der Waals surface area contributed by atoms with E-state index < -0.39 is 6.10 Å². The number of unbranched alkanes of at least 4 members (excludes halogenated alkanes) is 18. The molecule has 0 radical (unpaired) electrons. The molecular formula is C55H88O6. The van der Waals surface area contributed by atoms with Crippen molar-refractivity contribution in [2.75, 3.05) is 13.2 Å². The van der Waals surface area contributed by atoms with Crippen LogP contribution in [0.2, 0.25) is 0 Å². The van der Waals surface area contributed by atoms with E-state index in [1.807, 2.05) is 42.5 Å². The highest BCUT2D eigenvalue weighted by Crippen LogP contribution is 2.13. The van der Waals surface area contributed by atoms with Gasteiger partial charge in [-0.3, -0.25) is 14.4 Å². The Morgan fingerprint density at radius 2 is 0.705 bits per heavy atom. The van der Waals surface area contributed by atoms with E-state index in [9.17, 15) is 14.4 Å². The summed E-state index contributed by atoms with van der Waals surface area (Å²) >= 11 is 0. The number of carbonyl (C=O) groups is 3. The van der Waals surface area contributed by atoms with Gasteiger partial charge in [0, 0.05) is 19.3 Å². The lowest BCUT2D eigenvalue weighted by molar-refractivity contribution is -0.167. The quantitative estimate of drug-likeness (QED) is 0.0200. The monoisotopic (exact) mass is 845 g/mol. The van der Waals surface area contributed by atoms with Crippen LogP contribution >= 0.6 is 0 Å². The van der Waals surface area contributed by atoms with E-state index in [0.29, 0.717) is 19.3 Å². The largest absolute Gasteiger partial charge is 0.462 e. The maximum atomic E-state index is 12.7. The first-order valence-electron chi connectivity index (χ1n) is 24.5. The lowest BCUT2D eigenvalue weighted by Crippen LogP contribution is -2.30. The van der Waals surface area contributed by atoms with Crippen molar-refractivity contribution in [1.29, 1.82) is 0 Å². The third-order valence-electron chi connectivity index (χ3n) is 9.90. The Morgan fingerprint density at radius 1 is 0.361 bits per heavy atom. The number of esters is 3. The van der Waals surface area contributed by atoms with Crippen LogP contribution < -0.4 is 0 Å². The molecule has 0 fully saturated rings. The molecule has 1 unspecified atom stereocenters. The van der Waals surface area contributed by atoms with Gasteiger partial charge in [0.25, 0.3) is 0 Å². The molecule has 6 nitrogen and oxygen atoms in total. The summed E-state index contributed by atoms with van der Waals surface area (Å²) in [7, 11) is 0. The molecule has 61 heavy (non-hydrogen) atoms. The lowest BCUT2D eigenvalue weighted by atomic mass is 10.1. The Labute approximate surface area is 374 Å². The van der Waals surface area contributed by atoms with Gasteiger partial charge in [0.05, 0.1) is 0 Å². The van der Waals surface area contributed by atoms with Crippen molar-refractivity contribution in [2.45, 2.75) is 207 Å². The molecule has 6 heteroatoms. The van der Waals surface area contributed by atoms with E-state index in [0.717, 1.165) is 103 Å². The molecule has 0 heterocycles. The fourth-order valence-electron chi connectivity index (χ4n) is 6.25. The van der Waals surface area contributed by atoms with Crippen LogP contribution in [0.3, 0.4) is 0 Å². The Balaban J connectivity index is 4.48. The maximum absolute atomic E-state index is 12.7. The molecule has 0 saturated carbocycles. The van der Waals surface area contributed by atoms with Crippen molar-refractivity contribution >= 4 is 17.9 Å². The lowest BCUT2D eigenvalue weighted by Gasteiger charge is -2.18. The number of carbonyl (C=O) groups excluding carboxylic acids is 3. The second-order valence-electron chi connectivity index (χ2n) is 15.8. The van der Waals surface area contributed by atoms with Crippen molar-refractivity contribution in [3.05, 3.63) is 109 Å². The third kappa shape index (κ3) is 47.0. The summed E-state index contributed by atoms with van der Waals surface area (Å²) in [5, 5.41) is 0. The van der Waals surface area contributed by atoms with E-state index in [2.05, 4.69) is 87.6 Å². The van der Waals surface area contributed by atoms with Gasteiger partial charge in [-0.05, 0) is 89.9 Å². The smallest absolute Gasteiger partial charge is 0.306 e. The first-order chi connectivity index (χ1) is 30.0. The highest BCUT2D eigenvalue weighted by atomic mass is 16.6. The minimum Gasteiger partial charge on any atom is -0.462 e. The summed E-state index contributed by atoms with van der Waals surface area (Å²) in [5.74, 6) is -0.984. The van der Waals surface area contributed by atoms with Gasteiger partial charge in [0.1, 0.15) is 13.2 Å². The predicted molar refractivity (Wildman–Crippen MR) is 260 cm³/mol. The third-order valence-corrected chi connectivity index (χ3v) is 9.90. The SMILES string of the molecule is CC/C=C/C=C/C=C/C=C/CCCCCC(=O)OC(COC(=O)CCCCCCC/C=C/C=C/C=C/CC)COC(=O)CCCCCCCCC/C=C/C/C=C/CCCCC. The molecule has 0 aliphatic heterocycles. The van der Waals surface area contributed by atoms with E-state index in [1.165, 1.54) is 51.4 Å². The van der Waals surface area contributed by atoms with Gasteiger partial charge in [-0.2, -0.15) is 0 Å². The van der Waals surface area contributed by atoms with Crippen LogP contribution in [-0.2, 0) is 28.6 Å². The van der Waals surface area contributed by atoms with Gasteiger partial charge < -0.3 is 14.2 Å². The molecule has 0 aromatic carbocycles. The Hall–Kier alpha value is -3.93. The first-order valence-corrected chi connectivity index (χ1v) is 24.5. The van der Waals surface area contributed by atoms with Gasteiger partial charge in [-0.15, -0.1) is 0 Å². The van der Waals surface area contributed by atoms with Crippen molar-refractivity contribution in [2.24, 2.45) is 0 Å². The molecular weight excluding hydrogens is 757 g/mol. The molecule has 0 aliphatic carbocycles. The molecule has 0 aliphatic rings. The van der Waals surface area contributed by atoms with Gasteiger partial charge in [-0.25, -0.2) is 0 Å². The normalized spacial score (nSPS) is 13.0. The summed E-state index contributed by atoms with van der Waals surface area (Å²) in [6.45, 7) is 6.26. The number of allylic oxidation sites excluding steroid dienone is 18.